The van der Waals surface area contributed by atoms with Gasteiger partial charge in [-0.3, -0.25) is 0 Å². The fraction of sp³-hybridized carbons (Fsp3) is 1.00. The monoisotopic (exact) mass is 183 g/mol. The number of likely N-dealkylation sites (N-methyl/N-ethyl adjacent to an activating group) is 1. The molecule has 66 valence electrons. The Morgan fingerprint density at radius 2 is 2.27 bits per heavy atom. The summed E-state index contributed by atoms with van der Waals surface area (Å²) in [4.78, 5) is 0. The summed E-state index contributed by atoms with van der Waals surface area (Å²) in [5.74, 6) is 0. The van der Waals surface area contributed by atoms with E-state index >= 15 is 0 Å². The Morgan fingerprint density at radius 3 is 2.45 bits per heavy atom. The van der Waals surface area contributed by atoms with Crippen LogP contribution in [0.5, 0.6) is 0 Å². The van der Waals surface area contributed by atoms with Crippen LogP contribution in [0.15, 0.2) is 0 Å². The molecule has 1 fully saturated rings. The van der Waals surface area contributed by atoms with Crippen molar-refractivity contribution >= 4 is 9.24 Å². The Balaban J connectivity index is 2.75. The van der Waals surface area contributed by atoms with E-state index in [1.807, 2.05) is 0 Å². The molecule has 11 heavy (non-hydrogen) atoms. The predicted molar refractivity (Wildman–Crippen MR) is 41.9 cm³/mol. The van der Waals surface area contributed by atoms with Gasteiger partial charge in [-0.05, 0) is 13.5 Å². The first kappa shape index (κ1) is 9.30. The highest BCUT2D eigenvalue weighted by molar-refractivity contribution is 7.18. The van der Waals surface area contributed by atoms with Gasteiger partial charge >= 0.3 is 0 Å². The van der Waals surface area contributed by atoms with Gasteiger partial charge in [0.05, 0.1) is 6.61 Å². The second-order valence-corrected chi connectivity index (χ2v) is 3.48. The summed E-state index contributed by atoms with van der Waals surface area (Å²) in [5.41, 5.74) is -3.96. The van der Waals surface area contributed by atoms with Gasteiger partial charge in [-0.2, -0.15) is 0 Å². The number of hydrogen-bond acceptors (Lipinski definition) is 2. The Labute approximate surface area is 66.9 Å². The van der Waals surface area contributed by atoms with Gasteiger partial charge in [0.25, 0.3) is 5.66 Å². The van der Waals surface area contributed by atoms with Crippen LogP contribution >= 0.6 is 9.24 Å². The number of rotatable bonds is 2. The first-order valence-electron chi connectivity index (χ1n) is 3.45. The normalized spacial score (nSPS) is 32.7. The van der Waals surface area contributed by atoms with Crippen LogP contribution in [0.1, 0.15) is 6.42 Å². The number of alkyl halides is 2. The summed E-state index contributed by atoms with van der Waals surface area (Å²) in [6, 6.07) is 0. The molecule has 0 saturated carbocycles. The van der Waals surface area contributed by atoms with Gasteiger partial charge in [0, 0.05) is 6.61 Å². The van der Waals surface area contributed by atoms with Crippen LogP contribution in [0.25, 0.3) is 0 Å². The molecule has 0 aromatic heterocycles. The highest BCUT2D eigenvalue weighted by Gasteiger charge is 2.51. The SMILES string of the molecule is CNC1(C(F)(F)P)CCOC1. The van der Waals surface area contributed by atoms with Crippen LogP contribution < -0.4 is 5.32 Å². The van der Waals surface area contributed by atoms with Crippen LogP contribution in [0.2, 0.25) is 0 Å². The van der Waals surface area contributed by atoms with Gasteiger partial charge in [-0.1, -0.05) is 9.24 Å². The standard InChI is InChI=1S/C6H12F2NOP/c1-9-5(6(7,8)11)2-3-10-4-5/h9H,2-4,11H2,1H3. The second-order valence-electron chi connectivity index (χ2n) is 2.76. The third kappa shape index (κ3) is 1.53. The molecule has 1 saturated heterocycles. The minimum atomic E-state index is -2.79. The third-order valence-corrected chi connectivity index (χ3v) is 2.69. The fourth-order valence-corrected chi connectivity index (χ4v) is 1.56. The summed E-state index contributed by atoms with van der Waals surface area (Å²) >= 11 is 0. The molecule has 2 unspecified atom stereocenters. The second kappa shape index (κ2) is 2.92. The molecule has 1 N–H and O–H groups in total. The molecule has 1 aliphatic rings. The Kier molecular flexibility index (Phi) is 2.47. The highest BCUT2D eigenvalue weighted by atomic mass is 31.0. The summed E-state index contributed by atoms with van der Waals surface area (Å²) in [6.45, 7) is 0.491. The van der Waals surface area contributed by atoms with Crippen molar-refractivity contribution < 1.29 is 13.5 Å². The lowest BCUT2D eigenvalue weighted by atomic mass is 10.00. The van der Waals surface area contributed by atoms with Gasteiger partial charge < -0.3 is 10.1 Å². The van der Waals surface area contributed by atoms with Gasteiger partial charge in [-0.15, -0.1) is 0 Å². The van der Waals surface area contributed by atoms with Crippen molar-refractivity contribution in [2.45, 2.75) is 17.6 Å². The Morgan fingerprint density at radius 1 is 1.64 bits per heavy atom. The van der Waals surface area contributed by atoms with E-state index in [1.54, 1.807) is 9.24 Å². The van der Waals surface area contributed by atoms with Crippen molar-refractivity contribution in [2.75, 3.05) is 20.3 Å². The summed E-state index contributed by atoms with van der Waals surface area (Å²) in [7, 11) is 3.09. The Hall–Kier alpha value is 0.210. The maximum Gasteiger partial charge on any atom is 0.278 e. The largest absolute Gasteiger partial charge is 0.379 e. The van der Waals surface area contributed by atoms with E-state index in [0.717, 1.165) is 0 Å². The first-order chi connectivity index (χ1) is 5.02. The first-order valence-corrected chi connectivity index (χ1v) is 4.03. The molecule has 0 aromatic carbocycles. The van der Waals surface area contributed by atoms with E-state index in [1.165, 1.54) is 7.05 Å². The lowest BCUT2D eigenvalue weighted by Gasteiger charge is -2.32. The quantitative estimate of drug-likeness (QED) is 0.640. The zero-order chi connectivity index (χ0) is 8.54. The van der Waals surface area contributed by atoms with Crippen LogP contribution in [-0.2, 0) is 4.74 Å². The molecule has 1 heterocycles. The average molecular weight is 183 g/mol. The van der Waals surface area contributed by atoms with Crippen molar-refractivity contribution in [3.63, 3.8) is 0 Å². The van der Waals surface area contributed by atoms with E-state index in [4.69, 9.17) is 4.74 Å². The third-order valence-electron chi connectivity index (χ3n) is 2.14. The lowest BCUT2D eigenvalue weighted by Crippen LogP contribution is -2.55. The molecule has 0 amide bonds. The molecule has 0 aromatic rings. The number of ether oxygens (including phenoxy) is 1. The van der Waals surface area contributed by atoms with Crippen LogP contribution in [-0.4, -0.2) is 31.5 Å². The zero-order valence-corrected chi connectivity index (χ0v) is 7.52. The van der Waals surface area contributed by atoms with E-state index in [-0.39, 0.29) is 6.61 Å². The van der Waals surface area contributed by atoms with Crippen molar-refractivity contribution in [1.29, 1.82) is 0 Å². The zero-order valence-electron chi connectivity index (χ0n) is 6.36. The Bertz CT molecular complexity index is 142. The molecule has 2 atom stereocenters. The average Bonchev–Trinajstić information content (AvgIpc) is 2.33. The topological polar surface area (TPSA) is 21.3 Å². The summed E-state index contributed by atoms with van der Waals surface area (Å²) in [5, 5.41) is 2.62. The smallest absolute Gasteiger partial charge is 0.278 e. The predicted octanol–water partition coefficient (Wildman–Crippen LogP) is 0.833. The minimum Gasteiger partial charge on any atom is -0.379 e. The molecule has 5 heteroatoms. The van der Waals surface area contributed by atoms with E-state index in [0.29, 0.717) is 13.0 Å². The fourth-order valence-electron chi connectivity index (χ4n) is 1.19. The highest BCUT2D eigenvalue weighted by Crippen LogP contribution is 2.39. The summed E-state index contributed by atoms with van der Waals surface area (Å²) in [6.07, 6.45) is 0.361. The lowest BCUT2D eigenvalue weighted by molar-refractivity contribution is -0.00771. The summed E-state index contributed by atoms with van der Waals surface area (Å²) < 4.78 is 30.7. The van der Waals surface area contributed by atoms with E-state index in [2.05, 4.69) is 5.32 Å². The van der Waals surface area contributed by atoms with Gasteiger partial charge in [0.1, 0.15) is 5.54 Å². The van der Waals surface area contributed by atoms with E-state index < -0.39 is 11.2 Å². The molecule has 0 radical (unpaired) electrons. The van der Waals surface area contributed by atoms with Crippen molar-refractivity contribution in [1.82, 2.24) is 5.32 Å². The van der Waals surface area contributed by atoms with Gasteiger partial charge in [0.15, 0.2) is 0 Å². The van der Waals surface area contributed by atoms with Gasteiger partial charge in [0.2, 0.25) is 0 Å². The number of nitrogens with one attached hydrogen (secondary N) is 1. The van der Waals surface area contributed by atoms with Crippen LogP contribution in [0, 0.1) is 0 Å². The molecule has 1 rings (SSSR count). The molecular weight excluding hydrogens is 171 g/mol. The minimum absolute atomic E-state index is 0.0833. The molecule has 2 nitrogen and oxygen atoms in total. The van der Waals surface area contributed by atoms with Crippen molar-refractivity contribution in [2.24, 2.45) is 0 Å². The maximum absolute atomic E-state index is 12.9. The number of halogens is 2. The van der Waals surface area contributed by atoms with Crippen molar-refractivity contribution in [3.05, 3.63) is 0 Å². The molecule has 0 spiro atoms. The van der Waals surface area contributed by atoms with E-state index in [9.17, 15) is 8.78 Å². The van der Waals surface area contributed by atoms with Crippen LogP contribution in [0.3, 0.4) is 0 Å². The van der Waals surface area contributed by atoms with Gasteiger partial charge in [-0.25, -0.2) is 8.78 Å². The molecule has 1 aliphatic heterocycles. The van der Waals surface area contributed by atoms with Crippen molar-refractivity contribution in [3.8, 4) is 0 Å². The molecular formula is C6H12F2NOP. The molecule has 0 aliphatic carbocycles. The van der Waals surface area contributed by atoms with Crippen LogP contribution in [0.4, 0.5) is 8.78 Å². The maximum atomic E-state index is 12.9. The number of hydrogen-bond donors (Lipinski definition) is 1. The molecule has 0 bridgehead atoms.